The van der Waals surface area contributed by atoms with E-state index in [0.717, 1.165) is 5.69 Å². The van der Waals surface area contributed by atoms with Gasteiger partial charge in [0.05, 0.1) is 10.5 Å². The fraction of sp³-hybridized carbons (Fsp3) is 0.0833. The van der Waals surface area contributed by atoms with Gasteiger partial charge in [-0.3, -0.25) is 19.7 Å². The van der Waals surface area contributed by atoms with E-state index in [4.69, 9.17) is 0 Å². The van der Waals surface area contributed by atoms with E-state index >= 15 is 0 Å². The average molecular weight is 509 g/mol. The number of halogens is 1. The number of non-ortho nitro benzene ring substituents is 1. The van der Waals surface area contributed by atoms with E-state index in [9.17, 15) is 19.7 Å². The van der Waals surface area contributed by atoms with Crippen molar-refractivity contribution >= 4 is 50.9 Å². The lowest BCUT2D eigenvalue weighted by molar-refractivity contribution is -0.384. The Hall–Kier alpha value is -3.98. The Morgan fingerprint density at radius 2 is 1.70 bits per heavy atom. The lowest BCUT2D eigenvalue weighted by Gasteiger charge is -2.13. The summed E-state index contributed by atoms with van der Waals surface area (Å²) < 4.78 is 0.580. The van der Waals surface area contributed by atoms with Crippen LogP contribution >= 0.6 is 15.9 Å². The highest BCUT2D eigenvalue weighted by Gasteiger charge is 2.17. The van der Waals surface area contributed by atoms with Crippen LogP contribution in [-0.4, -0.2) is 30.8 Å². The zero-order chi connectivity index (χ0) is 24.0. The normalized spacial score (nSPS) is 10.9. The summed E-state index contributed by atoms with van der Waals surface area (Å²) in [4.78, 5) is 38.3. The summed E-state index contributed by atoms with van der Waals surface area (Å²) in [6.07, 6.45) is 1.54. The van der Waals surface area contributed by atoms with Crippen LogP contribution in [-0.2, 0) is 4.79 Å². The van der Waals surface area contributed by atoms with Gasteiger partial charge in [0.25, 0.3) is 17.5 Å². The molecule has 9 heteroatoms. The van der Waals surface area contributed by atoms with Crippen LogP contribution in [0.3, 0.4) is 0 Å². The Morgan fingerprint density at radius 1 is 1.00 bits per heavy atom. The summed E-state index contributed by atoms with van der Waals surface area (Å²) in [5, 5.41) is 16.3. The number of carbonyl (C=O) groups is 2. The summed E-state index contributed by atoms with van der Waals surface area (Å²) in [5.74, 6) is -1.10. The van der Waals surface area contributed by atoms with Crippen molar-refractivity contribution in [2.75, 3.05) is 24.3 Å². The average Bonchev–Trinajstić information content (AvgIpc) is 2.79. The maximum absolute atomic E-state index is 13.0. The first-order valence-electron chi connectivity index (χ1n) is 9.85. The number of benzene rings is 3. The summed E-state index contributed by atoms with van der Waals surface area (Å²) >= 11 is 3.34. The second-order valence-electron chi connectivity index (χ2n) is 7.24. The topological polar surface area (TPSA) is 105 Å². The van der Waals surface area contributed by atoms with Gasteiger partial charge in [-0.1, -0.05) is 30.3 Å². The SMILES string of the molecule is CN(C)c1ccc(/C=C(/NC(=O)c2ccccc2Br)C(=O)Nc2cccc([N+](=O)[O-])c2)cc1. The van der Waals surface area contributed by atoms with Gasteiger partial charge in [0, 0.05) is 42.1 Å². The molecule has 0 saturated carbocycles. The maximum atomic E-state index is 13.0. The van der Waals surface area contributed by atoms with Gasteiger partial charge < -0.3 is 15.5 Å². The molecule has 168 valence electrons. The molecular formula is C24H21BrN4O4. The molecule has 8 nitrogen and oxygen atoms in total. The van der Waals surface area contributed by atoms with E-state index in [1.165, 1.54) is 24.3 Å². The third-order valence-electron chi connectivity index (χ3n) is 4.65. The molecule has 0 spiro atoms. The van der Waals surface area contributed by atoms with Gasteiger partial charge in [-0.2, -0.15) is 0 Å². The van der Waals surface area contributed by atoms with Crippen molar-refractivity contribution in [2.45, 2.75) is 0 Å². The van der Waals surface area contributed by atoms with Crippen molar-refractivity contribution in [2.24, 2.45) is 0 Å². The quantitative estimate of drug-likeness (QED) is 0.270. The monoisotopic (exact) mass is 508 g/mol. The highest BCUT2D eigenvalue weighted by molar-refractivity contribution is 9.10. The van der Waals surface area contributed by atoms with Gasteiger partial charge in [0.2, 0.25) is 0 Å². The molecule has 33 heavy (non-hydrogen) atoms. The van der Waals surface area contributed by atoms with E-state index in [-0.39, 0.29) is 17.1 Å². The molecule has 0 bridgehead atoms. The number of nitrogens with one attached hydrogen (secondary N) is 2. The number of nitrogens with zero attached hydrogens (tertiary/aromatic N) is 2. The highest BCUT2D eigenvalue weighted by atomic mass is 79.9. The highest BCUT2D eigenvalue weighted by Crippen LogP contribution is 2.20. The summed E-state index contributed by atoms with van der Waals surface area (Å²) in [5.41, 5.74) is 2.09. The van der Waals surface area contributed by atoms with Crippen LogP contribution in [0.1, 0.15) is 15.9 Å². The number of hydrogen-bond donors (Lipinski definition) is 2. The molecular weight excluding hydrogens is 488 g/mol. The van der Waals surface area contributed by atoms with Crippen molar-refractivity contribution in [3.05, 3.63) is 104 Å². The molecule has 0 aliphatic carbocycles. The molecule has 0 aromatic heterocycles. The molecule has 0 atom stereocenters. The first kappa shape index (κ1) is 23.7. The van der Waals surface area contributed by atoms with Gasteiger partial charge in [-0.05, 0) is 57.9 Å². The Balaban J connectivity index is 1.92. The van der Waals surface area contributed by atoms with Gasteiger partial charge in [0.1, 0.15) is 5.70 Å². The number of hydrogen-bond acceptors (Lipinski definition) is 5. The third-order valence-corrected chi connectivity index (χ3v) is 5.34. The van der Waals surface area contributed by atoms with Crippen LogP contribution in [0.4, 0.5) is 17.1 Å². The molecule has 0 saturated heterocycles. The molecule has 0 aliphatic heterocycles. The molecule has 0 aliphatic rings. The molecule has 0 radical (unpaired) electrons. The van der Waals surface area contributed by atoms with E-state index in [1.54, 1.807) is 30.3 Å². The second kappa shape index (κ2) is 10.6. The molecule has 2 N–H and O–H groups in total. The van der Waals surface area contributed by atoms with Gasteiger partial charge in [0.15, 0.2) is 0 Å². The zero-order valence-electron chi connectivity index (χ0n) is 17.9. The Morgan fingerprint density at radius 3 is 2.33 bits per heavy atom. The lowest BCUT2D eigenvalue weighted by atomic mass is 10.1. The Labute approximate surface area is 199 Å². The summed E-state index contributed by atoms with van der Waals surface area (Å²) in [7, 11) is 3.83. The van der Waals surface area contributed by atoms with Crippen molar-refractivity contribution in [1.82, 2.24) is 5.32 Å². The predicted octanol–water partition coefficient (Wildman–Crippen LogP) is 4.83. The maximum Gasteiger partial charge on any atom is 0.272 e. The third kappa shape index (κ3) is 6.27. The molecule has 3 rings (SSSR count). The van der Waals surface area contributed by atoms with Crippen molar-refractivity contribution < 1.29 is 14.5 Å². The zero-order valence-corrected chi connectivity index (χ0v) is 19.5. The van der Waals surface area contributed by atoms with Crippen LogP contribution < -0.4 is 15.5 Å². The second-order valence-corrected chi connectivity index (χ2v) is 8.09. The Kier molecular flexibility index (Phi) is 7.57. The molecule has 3 aromatic carbocycles. The first-order chi connectivity index (χ1) is 15.7. The van der Waals surface area contributed by atoms with Gasteiger partial charge >= 0.3 is 0 Å². The molecule has 3 aromatic rings. The van der Waals surface area contributed by atoms with E-state index in [2.05, 4.69) is 26.6 Å². The number of rotatable bonds is 7. The largest absolute Gasteiger partial charge is 0.378 e. The summed E-state index contributed by atoms with van der Waals surface area (Å²) in [6.45, 7) is 0. The number of nitro groups is 1. The van der Waals surface area contributed by atoms with Crippen LogP contribution in [0, 0.1) is 10.1 Å². The van der Waals surface area contributed by atoms with Crippen LogP contribution in [0.2, 0.25) is 0 Å². The van der Waals surface area contributed by atoms with Gasteiger partial charge in [-0.25, -0.2) is 0 Å². The molecule has 0 fully saturated rings. The molecule has 0 heterocycles. The van der Waals surface area contributed by atoms with E-state index in [0.29, 0.717) is 15.6 Å². The number of anilines is 2. The smallest absolute Gasteiger partial charge is 0.272 e. The fourth-order valence-electron chi connectivity index (χ4n) is 2.92. The molecule has 2 amide bonds. The van der Waals surface area contributed by atoms with Crippen molar-refractivity contribution in [3.63, 3.8) is 0 Å². The first-order valence-corrected chi connectivity index (χ1v) is 10.6. The van der Waals surface area contributed by atoms with E-state index < -0.39 is 16.7 Å². The number of nitro benzene ring substituents is 1. The fourth-order valence-corrected chi connectivity index (χ4v) is 3.39. The minimum Gasteiger partial charge on any atom is -0.378 e. The minimum absolute atomic E-state index is 0.0140. The predicted molar refractivity (Wildman–Crippen MR) is 132 cm³/mol. The van der Waals surface area contributed by atoms with Crippen LogP contribution in [0.15, 0.2) is 83.0 Å². The van der Waals surface area contributed by atoms with E-state index in [1.807, 2.05) is 43.3 Å². The Bertz CT molecular complexity index is 1220. The standard InChI is InChI=1S/C24H21BrN4O4/c1-28(2)18-12-10-16(11-13-18)14-22(27-23(30)20-8-3-4-9-21(20)25)24(31)26-17-6-5-7-19(15-17)29(32)33/h3-15H,1-2H3,(H,26,31)(H,27,30)/b22-14+. The van der Waals surface area contributed by atoms with Gasteiger partial charge in [-0.15, -0.1) is 0 Å². The van der Waals surface area contributed by atoms with Crippen molar-refractivity contribution in [1.29, 1.82) is 0 Å². The van der Waals surface area contributed by atoms with Crippen molar-refractivity contribution in [3.8, 4) is 0 Å². The molecule has 0 unspecified atom stereocenters. The lowest BCUT2D eigenvalue weighted by Crippen LogP contribution is -2.31. The number of amides is 2. The summed E-state index contributed by atoms with van der Waals surface area (Å²) in [6, 6.07) is 19.8. The minimum atomic E-state index is -0.618. The van der Waals surface area contributed by atoms with Crippen LogP contribution in [0.25, 0.3) is 6.08 Å². The number of carbonyl (C=O) groups excluding carboxylic acids is 2. The van der Waals surface area contributed by atoms with Crippen LogP contribution in [0.5, 0.6) is 0 Å².